The van der Waals surface area contributed by atoms with Crippen LogP contribution in [0.4, 0.5) is 0 Å². The summed E-state index contributed by atoms with van der Waals surface area (Å²) in [4.78, 5) is 13.5. The Bertz CT molecular complexity index is 200. The minimum Gasteiger partial charge on any atom is -0.345 e. The second-order valence-electron chi connectivity index (χ2n) is 4.93. The van der Waals surface area contributed by atoms with Crippen LogP contribution in [0.5, 0.6) is 0 Å². The van der Waals surface area contributed by atoms with Crippen molar-refractivity contribution < 1.29 is 4.79 Å². The second kappa shape index (κ2) is 6.11. The Kier molecular flexibility index (Phi) is 5.09. The van der Waals surface area contributed by atoms with Gasteiger partial charge in [0.1, 0.15) is 0 Å². The molecule has 1 N–H and O–H groups in total. The zero-order valence-electron chi connectivity index (χ0n) is 10.3. The van der Waals surface area contributed by atoms with Gasteiger partial charge in [-0.1, -0.05) is 13.8 Å². The third-order valence-corrected chi connectivity index (χ3v) is 2.77. The van der Waals surface area contributed by atoms with E-state index in [0.29, 0.717) is 18.4 Å². The summed E-state index contributed by atoms with van der Waals surface area (Å²) in [5.41, 5.74) is 0. The summed E-state index contributed by atoms with van der Waals surface area (Å²) in [7, 11) is 1.93. The molecule has 0 unspecified atom stereocenters. The molecule has 1 rings (SSSR count). The van der Waals surface area contributed by atoms with E-state index in [4.69, 9.17) is 0 Å². The molecule has 3 nitrogen and oxygen atoms in total. The minimum atomic E-state index is 0.299. The van der Waals surface area contributed by atoms with E-state index < -0.39 is 0 Å². The van der Waals surface area contributed by atoms with Crippen molar-refractivity contribution in [1.29, 1.82) is 0 Å². The highest BCUT2D eigenvalue weighted by molar-refractivity contribution is 5.75. The van der Waals surface area contributed by atoms with Crippen LogP contribution in [0.3, 0.4) is 0 Å². The predicted octanol–water partition coefficient (Wildman–Crippen LogP) is 1.63. The van der Waals surface area contributed by atoms with E-state index in [1.807, 2.05) is 11.9 Å². The van der Waals surface area contributed by atoms with Gasteiger partial charge in [0.25, 0.3) is 0 Å². The fourth-order valence-electron chi connectivity index (χ4n) is 1.61. The standard InChI is InChI=1S/C12H24N2O/c1-10(2)13-8-4-5-12(15)14(3)9-11-6-7-11/h10-11,13H,4-9H2,1-3H3. The van der Waals surface area contributed by atoms with E-state index in [1.54, 1.807) is 0 Å². The van der Waals surface area contributed by atoms with E-state index in [-0.39, 0.29) is 0 Å². The first-order valence-electron chi connectivity index (χ1n) is 6.07. The Morgan fingerprint density at radius 1 is 1.47 bits per heavy atom. The van der Waals surface area contributed by atoms with Gasteiger partial charge in [0.2, 0.25) is 5.91 Å². The maximum absolute atomic E-state index is 11.6. The summed E-state index contributed by atoms with van der Waals surface area (Å²) in [5.74, 6) is 1.10. The molecule has 0 aromatic carbocycles. The lowest BCUT2D eigenvalue weighted by Gasteiger charge is -2.16. The van der Waals surface area contributed by atoms with Crippen molar-refractivity contribution in [2.24, 2.45) is 5.92 Å². The molecule has 0 bridgehead atoms. The fourth-order valence-corrected chi connectivity index (χ4v) is 1.61. The molecule has 0 saturated heterocycles. The summed E-state index contributed by atoms with van der Waals surface area (Å²) >= 11 is 0. The highest BCUT2D eigenvalue weighted by atomic mass is 16.2. The van der Waals surface area contributed by atoms with Gasteiger partial charge >= 0.3 is 0 Å². The van der Waals surface area contributed by atoms with Crippen molar-refractivity contribution in [1.82, 2.24) is 10.2 Å². The molecule has 0 aliphatic heterocycles. The van der Waals surface area contributed by atoms with E-state index in [0.717, 1.165) is 25.4 Å². The van der Waals surface area contributed by atoms with Crippen molar-refractivity contribution in [3.63, 3.8) is 0 Å². The third kappa shape index (κ3) is 5.78. The Balaban J connectivity index is 2.01. The first-order valence-corrected chi connectivity index (χ1v) is 6.07. The fraction of sp³-hybridized carbons (Fsp3) is 0.917. The molecule has 1 fully saturated rings. The van der Waals surface area contributed by atoms with Crippen molar-refractivity contribution in [2.45, 2.75) is 45.6 Å². The summed E-state index contributed by atoms with van der Waals surface area (Å²) in [5, 5.41) is 3.32. The van der Waals surface area contributed by atoms with Crippen LogP contribution < -0.4 is 5.32 Å². The van der Waals surface area contributed by atoms with E-state index in [1.165, 1.54) is 12.8 Å². The van der Waals surface area contributed by atoms with Crippen molar-refractivity contribution >= 4 is 5.91 Å². The molecular weight excluding hydrogens is 188 g/mol. The topological polar surface area (TPSA) is 32.3 Å². The van der Waals surface area contributed by atoms with Gasteiger partial charge in [-0.3, -0.25) is 4.79 Å². The quantitative estimate of drug-likeness (QED) is 0.651. The van der Waals surface area contributed by atoms with Gasteiger partial charge in [0, 0.05) is 26.1 Å². The molecular formula is C12H24N2O. The molecule has 1 saturated carbocycles. The number of nitrogens with zero attached hydrogens (tertiary/aromatic N) is 1. The molecule has 0 heterocycles. The first-order chi connectivity index (χ1) is 7.09. The Hall–Kier alpha value is -0.570. The highest BCUT2D eigenvalue weighted by Crippen LogP contribution is 2.29. The normalized spacial score (nSPS) is 15.7. The zero-order valence-corrected chi connectivity index (χ0v) is 10.3. The molecule has 0 atom stereocenters. The lowest BCUT2D eigenvalue weighted by molar-refractivity contribution is -0.130. The molecule has 0 radical (unpaired) electrons. The third-order valence-electron chi connectivity index (χ3n) is 2.77. The van der Waals surface area contributed by atoms with Gasteiger partial charge in [-0.05, 0) is 31.7 Å². The number of carbonyl (C=O) groups is 1. The molecule has 1 aliphatic rings. The number of hydrogen-bond donors (Lipinski definition) is 1. The lowest BCUT2D eigenvalue weighted by Crippen LogP contribution is -2.30. The van der Waals surface area contributed by atoms with Crippen LogP contribution in [0.1, 0.15) is 39.5 Å². The number of carbonyl (C=O) groups excluding carboxylic acids is 1. The van der Waals surface area contributed by atoms with Crippen LogP contribution >= 0.6 is 0 Å². The Morgan fingerprint density at radius 2 is 2.13 bits per heavy atom. The van der Waals surface area contributed by atoms with E-state index in [9.17, 15) is 4.79 Å². The lowest BCUT2D eigenvalue weighted by atomic mass is 10.2. The van der Waals surface area contributed by atoms with Crippen LogP contribution in [0, 0.1) is 5.92 Å². The molecule has 1 amide bonds. The van der Waals surface area contributed by atoms with Gasteiger partial charge in [0.15, 0.2) is 0 Å². The average molecular weight is 212 g/mol. The SMILES string of the molecule is CC(C)NCCCC(=O)N(C)CC1CC1. The zero-order chi connectivity index (χ0) is 11.3. The molecule has 0 spiro atoms. The largest absolute Gasteiger partial charge is 0.345 e. The number of amides is 1. The summed E-state index contributed by atoms with van der Waals surface area (Å²) in [6.07, 6.45) is 4.26. The first kappa shape index (κ1) is 12.5. The van der Waals surface area contributed by atoms with Gasteiger partial charge in [0.05, 0.1) is 0 Å². The number of hydrogen-bond acceptors (Lipinski definition) is 2. The molecule has 3 heteroatoms. The van der Waals surface area contributed by atoms with Crippen molar-refractivity contribution in [3.8, 4) is 0 Å². The van der Waals surface area contributed by atoms with Crippen LogP contribution in [0.2, 0.25) is 0 Å². The van der Waals surface area contributed by atoms with Crippen LogP contribution in [0.15, 0.2) is 0 Å². The smallest absolute Gasteiger partial charge is 0.222 e. The number of nitrogens with one attached hydrogen (secondary N) is 1. The maximum atomic E-state index is 11.6. The number of rotatable bonds is 7. The Labute approximate surface area is 93.2 Å². The van der Waals surface area contributed by atoms with Crippen LogP contribution in [-0.2, 0) is 4.79 Å². The van der Waals surface area contributed by atoms with Gasteiger partial charge in [-0.25, -0.2) is 0 Å². The maximum Gasteiger partial charge on any atom is 0.222 e. The van der Waals surface area contributed by atoms with Gasteiger partial charge in [-0.2, -0.15) is 0 Å². The van der Waals surface area contributed by atoms with E-state index in [2.05, 4.69) is 19.2 Å². The summed E-state index contributed by atoms with van der Waals surface area (Å²) < 4.78 is 0. The molecule has 0 aromatic heterocycles. The van der Waals surface area contributed by atoms with E-state index >= 15 is 0 Å². The minimum absolute atomic E-state index is 0.299. The Morgan fingerprint density at radius 3 is 2.67 bits per heavy atom. The van der Waals surface area contributed by atoms with Crippen LogP contribution in [-0.4, -0.2) is 37.0 Å². The van der Waals surface area contributed by atoms with Gasteiger partial charge in [-0.15, -0.1) is 0 Å². The van der Waals surface area contributed by atoms with Crippen molar-refractivity contribution in [3.05, 3.63) is 0 Å². The highest BCUT2D eigenvalue weighted by Gasteiger charge is 2.24. The summed E-state index contributed by atoms with van der Waals surface area (Å²) in [6.45, 7) is 6.17. The predicted molar refractivity (Wildman–Crippen MR) is 62.7 cm³/mol. The average Bonchev–Trinajstić information content (AvgIpc) is 2.95. The van der Waals surface area contributed by atoms with Crippen LogP contribution in [0.25, 0.3) is 0 Å². The molecule has 88 valence electrons. The second-order valence-corrected chi connectivity index (χ2v) is 4.93. The van der Waals surface area contributed by atoms with Gasteiger partial charge < -0.3 is 10.2 Å². The summed E-state index contributed by atoms with van der Waals surface area (Å²) in [6, 6.07) is 0.518. The molecule has 1 aliphatic carbocycles. The molecule has 15 heavy (non-hydrogen) atoms. The monoisotopic (exact) mass is 212 g/mol. The van der Waals surface area contributed by atoms with Crippen molar-refractivity contribution in [2.75, 3.05) is 20.1 Å². The molecule has 0 aromatic rings.